The molecule has 3 rings (SSSR count). The van der Waals surface area contributed by atoms with E-state index in [0.717, 1.165) is 10.5 Å². The zero-order valence-corrected chi connectivity index (χ0v) is 11.1. The Labute approximate surface area is 121 Å². The summed E-state index contributed by atoms with van der Waals surface area (Å²) in [5.74, 6) is -0.848. The summed E-state index contributed by atoms with van der Waals surface area (Å²) in [5.41, 5.74) is 1.23. The number of aromatic hydroxyl groups is 2. The minimum atomic E-state index is -0.466. The minimum Gasteiger partial charge on any atom is -0.508 e. The maximum absolute atomic E-state index is 12.2. The Hall–Kier alpha value is -2.82. The maximum atomic E-state index is 12.2. The molecule has 2 N–H and O–H groups in total. The normalized spacial score (nSPS) is 13.6. The molecule has 21 heavy (non-hydrogen) atoms. The highest BCUT2D eigenvalue weighted by molar-refractivity contribution is 6.22. The third-order valence-electron chi connectivity index (χ3n) is 3.54. The predicted octanol–water partition coefficient (Wildman–Crippen LogP) is 1.94. The Morgan fingerprint density at radius 1 is 0.905 bits per heavy atom. The second kappa shape index (κ2) is 4.94. The molecule has 5 nitrogen and oxygen atoms in total. The number of amides is 2. The van der Waals surface area contributed by atoms with Crippen molar-refractivity contribution in [2.75, 3.05) is 6.54 Å². The minimum absolute atomic E-state index is 0.0770. The summed E-state index contributed by atoms with van der Waals surface area (Å²) in [6.45, 7) is 0.233. The van der Waals surface area contributed by atoms with Crippen molar-refractivity contribution < 1.29 is 19.8 Å². The molecule has 0 bridgehead atoms. The van der Waals surface area contributed by atoms with Crippen molar-refractivity contribution in [3.63, 3.8) is 0 Å². The van der Waals surface area contributed by atoms with Gasteiger partial charge in [0.05, 0.1) is 11.1 Å². The van der Waals surface area contributed by atoms with Gasteiger partial charge in [-0.3, -0.25) is 14.5 Å². The molecular formula is C16H13NO4. The van der Waals surface area contributed by atoms with Gasteiger partial charge < -0.3 is 10.2 Å². The van der Waals surface area contributed by atoms with Gasteiger partial charge in [-0.1, -0.05) is 18.2 Å². The van der Waals surface area contributed by atoms with Gasteiger partial charge in [-0.2, -0.15) is 0 Å². The van der Waals surface area contributed by atoms with Crippen LogP contribution < -0.4 is 0 Å². The van der Waals surface area contributed by atoms with Crippen molar-refractivity contribution in [2.24, 2.45) is 0 Å². The summed E-state index contributed by atoms with van der Waals surface area (Å²) in [6.07, 6.45) is 0.493. The number of fused-ring (bicyclic) bond motifs is 1. The second-order valence-electron chi connectivity index (χ2n) is 4.88. The van der Waals surface area contributed by atoms with E-state index in [0.29, 0.717) is 6.42 Å². The molecule has 0 aromatic heterocycles. The van der Waals surface area contributed by atoms with Crippen LogP contribution in [-0.2, 0) is 6.42 Å². The fraction of sp³-hybridized carbons (Fsp3) is 0.125. The van der Waals surface area contributed by atoms with Crippen LogP contribution in [-0.4, -0.2) is 33.5 Å². The van der Waals surface area contributed by atoms with E-state index in [1.54, 1.807) is 30.3 Å². The van der Waals surface area contributed by atoms with E-state index >= 15 is 0 Å². The molecule has 1 aliphatic rings. The molecule has 2 amide bonds. The Kier molecular flexibility index (Phi) is 3.10. The van der Waals surface area contributed by atoms with Crippen molar-refractivity contribution in [1.29, 1.82) is 0 Å². The highest BCUT2D eigenvalue weighted by atomic mass is 16.3. The molecule has 1 heterocycles. The molecular weight excluding hydrogens is 270 g/mol. The Bertz CT molecular complexity index is 722. The van der Waals surface area contributed by atoms with E-state index in [1.807, 2.05) is 0 Å². The largest absolute Gasteiger partial charge is 0.508 e. The quantitative estimate of drug-likeness (QED) is 0.844. The van der Waals surface area contributed by atoms with E-state index < -0.39 is 5.91 Å². The lowest BCUT2D eigenvalue weighted by Gasteiger charge is -2.13. The van der Waals surface area contributed by atoms with Crippen LogP contribution in [0.5, 0.6) is 11.5 Å². The number of hydrogen-bond acceptors (Lipinski definition) is 4. The van der Waals surface area contributed by atoms with Gasteiger partial charge in [0.2, 0.25) is 0 Å². The lowest BCUT2D eigenvalue weighted by Crippen LogP contribution is -2.31. The topological polar surface area (TPSA) is 77.8 Å². The average Bonchev–Trinajstić information content (AvgIpc) is 2.72. The van der Waals surface area contributed by atoms with E-state index in [-0.39, 0.29) is 35.1 Å². The smallest absolute Gasteiger partial charge is 0.265 e. The van der Waals surface area contributed by atoms with Crippen molar-refractivity contribution in [1.82, 2.24) is 4.90 Å². The van der Waals surface area contributed by atoms with E-state index in [9.17, 15) is 19.8 Å². The van der Waals surface area contributed by atoms with Gasteiger partial charge in [-0.05, 0) is 36.2 Å². The molecule has 1 aliphatic heterocycles. The van der Waals surface area contributed by atoms with Gasteiger partial charge in [0, 0.05) is 6.54 Å². The number of phenolic OH excluding ortho intramolecular Hbond substituents is 2. The average molecular weight is 283 g/mol. The Balaban J connectivity index is 1.79. The lowest BCUT2D eigenvalue weighted by atomic mass is 10.1. The summed E-state index contributed by atoms with van der Waals surface area (Å²) in [7, 11) is 0. The molecule has 0 aliphatic carbocycles. The molecule has 5 heteroatoms. The fourth-order valence-electron chi connectivity index (χ4n) is 2.42. The Morgan fingerprint density at radius 2 is 1.62 bits per heavy atom. The molecule has 0 unspecified atom stereocenters. The van der Waals surface area contributed by atoms with Crippen LogP contribution in [0.1, 0.15) is 26.3 Å². The van der Waals surface area contributed by atoms with Gasteiger partial charge in [-0.15, -0.1) is 0 Å². The first-order valence-corrected chi connectivity index (χ1v) is 6.54. The monoisotopic (exact) mass is 283 g/mol. The third kappa shape index (κ3) is 2.23. The van der Waals surface area contributed by atoms with Gasteiger partial charge in [-0.25, -0.2) is 0 Å². The second-order valence-corrected chi connectivity index (χ2v) is 4.88. The van der Waals surface area contributed by atoms with Crippen molar-refractivity contribution in [3.05, 3.63) is 59.2 Å². The van der Waals surface area contributed by atoms with Crippen LogP contribution in [0.3, 0.4) is 0 Å². The van der Waals surface area contributed by atoms with Gasteiger partial charge in [0.1, 0.15) is 11.5 Å². The molecule has 2 aromatic carbocycles. The zero-order chi connectivity index (χ0) is 15.0. The van der Waals surface area contributed by atoms with Gasteiger partial charge in [0.15, 0.2) is 0 Å². The first-order chi connectivity index (χ1) is 10.1. The van der Waals surface area contributed by atoms with Gasteiger partial charge >= 0.3 is 0 Å². The van der Waals surface area contributed by atoms with Crippen LogP contribution >= 0.6 is 0 Å². The highest BCUT2D eigenvalue weighted by Crippen LogP contribution is 2.30. The van der Waals surface area contributed by atoms with Crippen LogP contribution in [0.25, 0.3) is 0 Å². The van der Waals surface area contributed by atoms with Crippen molar-refractivity contribution in [2.45, 2.75) is 6.42 Å². The van der Waals surface area contributed by atoms with Crippen LogP contribution in [0.15, 0.2) is 42.5 Å². The highest BCUT2D eigenvalue weighted by Gasteiger charge is 2.37. The SMILES string of the molecule is O=C1c2cccc(O)c2C(=O)N1CCc1ccc(O)cc1. The summed E-state index contributed by atoms with van der Waals surface area (Å²) in [5, 5.41) is 18.9. The number of rotatable bonds is 3. The summed E-state index contributed by atoms with van der Waals surface area (Å²) in [4.78, 5) is 25.5. The predicted molar refractivity (Wildman–Crippen MR) is 75.3 cm³/mol. The third-order valence-corrected chi connectivity index (χ3v) is 3.54. The standard InChI is InChI=1S/C16H13NO4/c18-11-6-4-10(5-7-11)8-9-17-15(20)12-2-1-3-13(19)14(12)16(17)21/h1-7,18-19H,8-9H2. The molecule has 0 fully saturated rings. The van der Waals surface area contributed by atoms with Crippen LogP contribution in [0.4, 0.5) is 0 Å². The molecule has 0 saturated heterocycles. The number of carbonyl (C=O) groups is 2. The molecule has 0 spiro atoms. The molecule has 0 saturated carbocycles. The first kappa shape index (κ1) is 13.2. The molecule has 106 valence electrons. The van der Waals surface area contributed by atoms with Crippen molar-refractivity contribution in [3.8, 4) is 11.5 Å². The Morgan fingerprint density at radius 3 is 2.29 bits per heavy atom. The van der Waals surface area contributed by atoms with E-state index in [1.165, 1.54) is 12.1 Å². The molecule has 2 aromatic rings. The number of carbonyl (C=O) groups excluding carboxylic acids is 2. The number of phenols is 2. The number of imide groups is 1. The fourth-order valence-corrected chi connectivity index (χ4v) is 2.42. The summed E-state index contributed by atoms with van der Waals surface area (Å²) >= 11 is 0. The van der Waals surface area contributed by atoms with Crippen molar-refractivity contribution >= 4 is 11.8 Å². The number of nitrogens with zero attached hydrogens (tertiary/aromatic N) is 1. The summed E-state index contributed by atoms with van der Waals surface area (Å²) in [6, 6.07) is 11.1. The van der Waals surface area contributed by atoms with Crippen LogP contribution in [0, 0.1) is 0 Å². The first-order valence-electron chi connectivity index (χ1n) is 6.54. The molecule has 0 atom stereocenters. The van der Waals surface area contributed by atoms with Gasteiger partial charge in [0.25, 0.3) is 11.8 Å². The maximum Gasteiger partial charge on any atom is 0.265 e. The van der Waals surface area contributed by atoms with Crippen LogP contribution in [0.2, 0.25) is 0 Å². The lowest BCUT2D eigenvalue weighted by molar-refractivity contribution is 0.0655. The molecule has 0 radical (unpaired) electrons. The van der Waals surface area contributed by atoms with E-state index in [2.05, 4.69) is 0 Å². The number of hydrogen-bond donors (Lipinski definition) is 2. The zero-order valence-electron chi connectivity index (χ0n) is 11.1. The summed E-state index contributed by atoms with van der Waals surface area (Å²) < 4.78 is 0. The van der Waals surface area contributed by atoms with E-state index in [4.69, 9.17) is 0 Å². The number of benzene rings is 2.